The highest BCUT2D eigenvalue weighted by atomic mass is 15.4. The van der Waals surface area contributed by atoms with Gasteiger partial charge in [-0.1, -0.05) is 13.5 Å². The molecule has 1 nitrogen and oxygen atoms in total. The van der Waals surface area contributed by atoms with E-state index < -0.39 is 0 Å². The first-order valence-electron chi connectivity index (χ1n) is 4.83. The van der Waals surface area contributed by atoms with Gasteiger partial charge in [0.05, 0.1) is 25.7 Å². The number of nitrogens with zero attached hydrogens (tertiary/aromatic N) is 1. The van der Waals surface area contributed by atoms with E-state index in [0.29, 0.717) is 5.54 Å². The van der Waals surface area contributed by atoms with Crippen LogP contribution in [0, 0.1) is 0 Å². The first-order chi connectivity index (χ1) is 5.37. The van der Waals surface area contributed by atoms with Crippen molar-refractivity contribution in [1.29, 1.82) is 0 Å². The Balaban J connectivity index is 4.48. The van der Waals surface area contributed by atoms with Gasteiger partial charge in [0.25, 0.3) is 0 Å². The molecular formula is C11H24N+. The molecule has 0 N–H and O–H groups in total. The van der Waals surface area contributed by atoms with Gasteiger partial charge in [-0.15, -0.1) is 0 Å². The lowest BCUT2D eigenvalue weighted by atomic mass is 10.0. The highest BCUT2D eigenvalue weighted by molar-refractivity contribution is 4.71. The Labute approximate surface area is 77.7 Å². The summed E-state index contributed by atoms with van der Waals surface area (Å²) in [7, 11) is 2.31. The predicted octanol–water partition coefficient (Wildman–Crippen LogP) is 2.83. The van der Waals surface area contributed by atoms with Crippen molar-refractivity contribution in [2.45, 2.75) is 39.7 Å². The maximum atomic E-state index is 3.83. The third-order valence-electron chi connectivity index (χ3n) is 2.87. The van der Waals surface area contributed by atoms with Crippen LogP contribution >= 0.6 is 0 Å². The summed E-state index contributed by atoms with van der Waals surface area (Å²) in [6.07, 6.45) is 3.27. The largest absolute Gasteiger partial charge is 0.319 e. The quantitative estimate of drug-likeness (QED) is 0.449. The molecule has 0 saturated heterocycles. The average Bonchev–Trinajstić information content (AvgIpc) is 1.86. The maximum Gasteiger partial charge on any atom is 0.0972 e. The molecule has 1 heteroatoms. The van der Waals surface area contributed by atoms with Gasteiger partial charge in [-0.25, -0.2) is 0 Å². The van der Waals surface area contributed by atoms with Crippen LogP contribution in [0.5, 0.6) is 0 Å². The topological polar surface area (TPSA) is 0 Å². The fourth-order valence-electron chi connectivity index (χ4n) is 1.48. The first-order valence-corrected chi connectivity index (χ1v) is 4.83. The van der Waals surface area contributed by atoms with Gasteiger partial charge >= 0.3 is 0 Å². The van der Waals surface area contributed by atoms with Crippen LogP contribution in [0.1, 0.15) is 34.1 Å². The van der Waals surface area contributed by atoms with E-state index in [9.17, 15) is 0 Å². The van der Waals surface area contributed by atoms with E-state index >= 15 is 0 Å². The Hall–Kier alpha value is -0.300. The number of hydrogen-bond acceptors (Lipinski definition) is 0. The SMILES string of the molecule is C=CC[N+](C)(CCC)C(C)(C)C. The van der Waals surface area contributed by atoms with Crippen LogP contribution in [-0.2, 0) is 0 Å². The monoisotopic (exact) mass is 170 g/mol. The highest BCUT2D eigenvalue weighted by Crippen LogP contribution is 2.22. The Bertz CT molecular complexity index is 144. The Morgan fingerprint density at radius 1 is 1.33 bits per heavy atom. The van der Waals surface area contributed by atoms with E-state index in [4.69, 9.17) is 0 Å². The zero-order valence-corrected chi connectivity index (χ0v) is 9.35. The first kappa shape index (κ1) is 11.7. The summed E-state index contributed by atoms with van der Waals surface area (Å²) in [6.45, 7) is 15.3. The van der Waals surface area contributed by atoms with Gasteiger partial charge in [-0.2, -0.15) is 0 Å². The summed E-state index contributed by atoms with van der Waals surface area (Å²) in [6, 6.07) is 0. The lowest BCUT2D eigenvalue weighted by Gasteiger charge is -2.45. The zero-order chi connectivity index (χ0) is 9.83. The van der Waals surface area contributed by atoms with Crippen molar-refractivity contribution in [2.75, 3.05) is 20.1 Å². The molecule has 0 rings (SSSR count). The van der Waals surface area contributed by atoms with Crippen LogP contribution in [0.2, 0.25) is 0 Å². The van der Waals surface area contributed by atoms with Gasteiger partial charge in [-0.05, 0) is 33.3 Å². The average molecular weight is 170 g/mol. The van der Waals surface area contributed by atoms with Crippen molar-refractivity contribution < 1.29 is 4.48 Å². The molecule has 0 heterocycles. The van der Waals surface area contributed by atoms with Crippen molar-refractivity contribution in [1.82, 2.24) is 0 Å². The second-order valence-electron chi connectivity index (χ2n) is 4.76. The molecule has 0 aromatic heterocycles. The Kier molecular flexibility index (Phi) is 3.98. The minimum absolute atomic E-state index is 0.324. The minimum Gasteiger partial charge on any atom is -0.319 e. The summed E-state index contributed by atoms with van der Waals surface area (Å²) in [5, 5.41) is 0. The Morgan fingerprint density at radius 3 is 2.08 bits per heavy atom. The number of rotatable bonds is 4. The van der Waals surface area contributed by atoms with Crippen molar-refractivity contribution in [3.63, 3.8) is 0 Å². The van der Waals surface area contributed by atoms with Crippen LogP contribution in [0.15, 0.2) is 12.7 Å². The lowest BCUT2D eigenvalue weighted by Crippen LogP contribution is -2.57. The molecule has 0 amide bonds. The van der Waals surface area contributed by atoms with Crippen molar-refractivity contribution in [3.8, 4) is 0 Å². The van der Waals surface area contributed by atoms with E-state index in [0.717, 1.165) is 11.0 Å². The van der Waals surface area contributed by atoms with Crippen molar-refractivity contribution in [2.24, 2.45) is 0 Å². The number of hydrogen-bond donors (Lipinski definition) is 0. The molecule has 0 aliphatic carbocycles. The fraction of sp³-hybridized carbons (Fsp3) is 0.818. The predicted molar refractivity (Wildman–Crippen MR) is 56.2 cm³/mol. The standard InChI is InChI=1S/C11H24N/c1-7-9-12(6,10-8-2)11(3,4)5/h7H,1,8-10H2,2-6H3/q+1. The summed E-state index contributed by atoms with van der Waals surface area (Å²) < 4.78 is 1.09. The van der Waals surface area contributed by atoms with Crippen LogP contribution in [0.25, 0.3) is 0 Å². The summed E-state index contributed by atoms with van der Waals surface area (Å²) in [4.78, 5) is 0. The molecule has 12 heavy (non-hydrogen) atoms. The molecule has 0 radical (unpaired) electrons. The summed E-state index contributed by atoms with van der Waals surface area (Å²) in [5.74, 6) is 0. The van der Waals surface area contributed by atoms with Crippen LogP contribution < -0.4 is 0 Å². The summed E-state index contributed by atoms with van der Waals surface area (Å²) in [5.41, 5.74) is 0.324. The third-order valence-corrected chi connectivity index (χ3v) is 2.87. The molecule has 0 fully saturated rings. The van der Waals surface area contributed by atoms with Gasteiger partial charge in [0.2, 0.25) is 0 Å². The highest BCUT2D eigenvalue weighted by Gasteiger charge is 2.33. The van der Waals surface area contributed by atoms with Crippen LogP contribution in [0.4, 0.5) is 0 Å². The number of likely N-dealkylation sites (N-methyl/N-ethyl adjacent to an activating group) is 1. The zero-order valence-electron chi connectivity index (χ0n) is 9.35. The molecule has 0 aliphatic heterocycles. The number of quaternary nitrogens is 1. The third kappa shape index (κ3) is 2.63. The van der Waals surface area contributed by atoms with Gasteiger partial charge in [0.1, 0.15) is 0 Å². The molecule has 0 aromatic carbocycles. The van der Waals surface area contributed by atoms with Crippen molar-refractivity contribution >= 4 is 0 Å². The molecule has 0 bridgehead atoms. The normalized spacial score (nSPS) is 17.1. The van der Waals surface area contributed by atoms with E-state index in [1.807, 2.05) is 6.08 Å². The molecule has 72 valence electrons. The van der Waals surface area contributed by atoms with Gasteiger partial charge < -0.3 is 4.48 Å². The van der Waals surface area contributed by atoms with Crippen molar-refractivity contribution in [3.05, 3.63) is 12.7 Å². The second kappa shape index (κ2) is 4.08. The molecule has 0 spiro atoms. The van der Waals surface area contributed by atoms with E-state index in [2.05, 4.69) is 41.3 Å². The molecule has 0 aromatic rings. The van der Waals surface area contributed by atoms with Crippen LogP contribution in [0.3, 0.4) is 0 Å². The molecule has 1 atom stereocenters. The maximum absolute atomic E-state index is 3.83. The minimum atomic E-state index is 0.324. The van der Waals surface area contributed by atoms with Gasteiger partial charge in [0, 0.05) is 0 Å². The Morgan fingerprint density at radius 2 is 1.83 bits per heavy atom. The van der Waals surface area contributed by atoms with Gasteiger partial charge in [0.15, 0.2) is 0 Å². The summed E-state index contributed by atoms with van der Waals surface area (Å²) >= 11 is 0. The molecule has 0 aliphatic rings. The van der Waals surface area contributed by atoms with E-state index in [-0.39, 0.29) is 0 Å². The fourth-order valence-corrected chi connectivity index (χ4v) is 1.48. The smallest absolute Gasteiger partial charge is 0.0972 e. The molecule has 1 unspecified atom stereocenters. The van der Waals surface area contributed by atoms with E-state index in [1.165, 1.54) is 13.0 Å². The van der Waals surface area contributed by atoms with Crippen LogP contribution in [-0.4, -0.2) is 30.2 Å². The lowest BCUT2D eigenvalue weighted by molar-refractivity contribution is -0.948. The van der Waals surface area contributed by atoms with Gasteiger partial charge in [-0.3, -0.25) is 0 Å². The van der Waals surface area contributed by atoms with E-state index in [1.54, 1.807) is 0 Å². The molecule has 0 saturated carbocycles. The second-order valence-corrected chi connectivity index (χ2v) is 4.76. The molecular weight excluding hydrogens is 146 g/mol.